The highest BCUT2D eigenvalue weighted by atomic mass is 16.5. The van der Waals surface area contributed by atoms with Crippen molar-refractivity contribution in [2.45, 2.75) is 19.8 Å². The maximum atomic E-state index is 12.3. The van der Waals surface area contributed by atoms with E-state index in [2.05, 4.69) is 12.2 Å². The van der Waals surface area contributed by atoms with E-state index in [1.807, 2.05) is 36.4 Å². The van der Waals surface area contributed by atoms with Gasteiger partial charge in [0.05, 0.1) is 19.3 Å². The van der Waals surface area contributed by atoms with Gasteiger partial charge in [0.15, 0.2) is 0 Å². The lowest BCUT2D eigenvalue weighted by Gasteiger charge is -2.10. The van der Waals surface area contributed by atoms with Crippen LogP contribution in [0, 0.1) is 0 Å². The number of anilines is 1. The predicted molar refractivity (Wildman–Crippen MR) is 87.8 cm³/mol. The monoisotopic (exact) mass is 299 g/mol. The third kappa shape index (κ3) is 4.25. The Bertz CT molecular complexity index is 625. The molecule has 2 aromatic carbocycles. The summed E-state index contributed by atoms with van der Waals surface area (Å²) in [4.78, 5) is 12.3. The normalized spacial score (nSPS) is 10.1. The number of para-hydroxylation sites is 1. The molecule has 0 bridgehead atoms. The van der Waals surface area contributed by atoms with Gasteiger partial charge >= 0.3 is 0 Å². The van der Waals surface area contributed by atoms with E-state index in [4.69, 9.17) is 9.47 Å². The zero-order valence-corrected chi connectivity index (χ0v) is 13.0. The molecular weight excluding hydrogens is 278 g/mol. The summed E-state index contributed by atoms with van der Waals surface area (Å²) in [5, 5.41) is 2.86. The fourth-order valence-corrected chi connectivity index (χ4v) is 2.03. The Morgan fingerprint density at radius 3 is 2.73 bits per heavy atom. The zero-order chi connectivity index (χ0) is 15.8. The van der Waals surface area contributed by atoms with E-state index in [1.54, 1.807) is 19.2 Å². The summed E-state index contributed by atoms with van der Waals surface area (Å²) in [5.41, 5.74) is 1.20. The number of carbonyl (C=O) groups excluding carboxylic acids is 1. The Morgan fingerprint density at radius 2 is 1.95 bits per heavy atom. The van der Waals surface area contributed by atoms with E-state index in [0.29, 0.717) is 23.6 Å². The zero-order valence-electron chi connectivity index (χ0n) is 13.0. The Morgan fingerprint density at radius 1 is 1.14 bits per heavy atom. The molecule has 0 radical (unpaired) electrons. The molecule has 0 spiro atoms. The van der Waals surface area contributed by atoms with Gasteiger partial charge < -0.3 is 14.8 Å². The molecule has 0 atom stereocenters. The topological polar surface area (TPSA) is 47.6 Å². The minimum absolute atomic E-state index is 0.205. The van der Waals surface area contributed by atoms with Crippen molar-refractivity contribution in [3.05, 3.63) is 54.1 Å². The Kier molecular flexibility index (Phi) is 5.83. The lowest BCUT2D eigenvalue weighted by Crippen LogP contribution is -2.13. The van der Waals surface area contributed by atoms with Crippen molar-refractivity contribution < 1.29 is 14.3 Å². The molecular formula is C18H21NO3. The van der Waals surface area contributed by atoms with Crippen LogP contribution in [0.5, 0.6) is 11.5 Å². The van der Waals surface area contributed by atoms with E-state index in [0.717, 1.165) is 18.6 Å². The van der Waals surface area contributed by atoms with Crippen molar-refractivity contribution in [3.63, 3.8) is 0 Å². The minimum atomic E-state index is -0.205. The highest BCUT2D eigenvalue weighted by Crippen LogP contribution is 2.21. The predicted octanol–water partition coefficient (Wildman–Crippen LogP) is 4.13. The first-order chi connectivity index (χ1) is 10.7. The van der Waals surface area contributed by atoms with Crippen LogP contribution < -0.4 is 14.8 Å². The van der Waals surface area contributed by atoms with Crippen molar-refractivity contribution >= 4 is 11.6 Å². The van der Waals surface area contributed by atoms with Crippen molar-refractivity contribution in [2.24, 2.45) is 0 Å². The maximum Gasteiger partial charge on any atom is 0.259 e. The van der Waals surface area contributed by atoms with Crippen molar-refractivity contribution in [1.82, 2.24) is 0 Å². The fourth-order valence-electron chi connectivity index (χ4n) is 2.03. The largest absolute Gasteiger partial charge is 0.496 e. The number of unbranched alkanes of at least 4 members (excludes halogenated alkanes) is 1. The summed E-state index contributed by atoms with van der Waals surface area (Å²) in [5.74, 6) is 1.10. The molecule has 0 aromatic heterocycles. The van der Waals surface area contributed by atoms with Crippen LogP contribution in [0.1, 0.15) is 30.1 Å². The molecule has 0 aliphatic carbocycles. The molecule has 0 aliphatic heterocycles. The second kappa shape index (κ2) is 8.08. The summed E-state index contributed by atoms with van der Waals surface area (Å²) in [6.07, 6.45) is 2.10. The Balaban J connectivity index is 2.06. The number of methoxy groups -OCH3 is 1. The molecule has 0 unspecified atom stereocenters. The van der Waals surface area contributed by atoms with Crippen LogP contribution in [0.3, 0.4) is 0 Å². The van der Waals surface area contributed by atoms with Gasteiger partial charge in [-0.25, -0.2) is 0 Å². The van der Waals surface area contributed by atoms with E-state index >= 15 is 0 Å². The molecule has 0 saturated heterocycles. The highest BCUT2D eigenvalue weighted by Gasteiger charge is 2.11. The second-order valence-corrected chi connectivity index (χ2v) is 4.88. The molecule has 4 nitrogen and oxygen atoms in total. The summed E-state index contributed by atoms with van der Waals surface area (Å²) in [6, 6.07) is 14.5. The summed E-state index contributed by atoms with van der Waals surface area (Å²) >= 11 is 0. The standard InChI is InChI=1S/C18H21NO3/c1-3-4-12-22-15-9-7-8-14(13-15)19-18(20)16-10-5-6-11-17(16)21-2/h5-11,13H,3-4,12H2,1-2H3,(H,19,20). The number of ether oxygens (including phenoxy) is 2. The average molecular weight is 299 g/mol. The van der Waals surface area contributed by atoms with Gasteiger partial charge in [0, 0.05) is 11.8 Å². The lowest BCUT2D eigenvalue weighted by molar-refractivity contribution is 0.102. The molecule has 0 heterocycles. The Labute approximate surface area is 131 Å². The summed E-state index contributed by atoms with van der Waals surface area (Å²) in [7, 11) is 1.55. The van der Waals surface area contributed by atoms with Crippen LogP contribution in [0.4, 0.5) is 5.69 Å². The SMILES string of the molecule is CCCCOc1cccc(NC(=O)c2ccccc2OC)c1. The van der Waals surface area contributed by atoms with Crippen molar-refractivity contribution in [1.29, 1.82) is 0 Å². The molecule has 2 rings (SSSR count). The summed E-state index contributed by atoms with van der Waals surface area (Å²) < 4.78 is 10.9. The van der Waals surface area contributed by atoms with Crippen LogP contribution in [0.25, 0.3) is 0 Å². The smallest absolute Gasteiger partial charge is 0.259 e. The van der Waals surface area contributed by atoms with Gasteiger partial charge in [-0.15, -0.1) is 0 Å². The third-order valence-corrected chi connectivity index (χ3v) is 3.21. The average Bonchev–Trinajstić information content (AvgIpc) is 2.55. The lowest BCUT2D eigenvalue weighted by atomic mass is 10.2. The van der Waals surface area contributed by atoms with Crippen molar-refractivity contribution in [3.8, 4) is 11.5 Å². The van der Waals surface area contributed by atoms with Crippen molar-refractivity contribution in [2.75, 3.05) is 19.0 Å². The third-order valence-electron chi connectivity index (χ3n) is 3.21. The first-order valence-corrected chi connectivity index (χ1v) is 7.42. The maximum absolute atomic E-state index is 12.3. The second-order valence-electron chi connectivity index (χ2n) is 4.88. The molecule has 4 heteroatoms. The molecule has 116 valence electrons. The number of rotatable bonds is 7. The van der Waals surface area contributed by atoms with Gasteiger partial charge in [0.2, 0.25) is 0 Å². The Hall–Kier alpha value is -2.49. The number of benzene rings is 2. The number of amides is 1. The molecule has 22 heavy (non-hydrogen) atoms. The van der Waals surface area contributed by atoms with E-state index < -0.39 is 0 Å². The molecule has 0 fully saturated rings. The van der Waals surface area contributed by atoms with Crippen LogP contribution in [-0.4, -0.2) is 19.6 Å². The number of nitrogens with one attached hydrogen (secondary N) is 1. The number of hydrogen-bond acceptors (Lipinski definition) is 3. The van der Waals surface area contributed by atoms with E-state index in [9.17, 15) is 4.79 Å². The quantitative estimate of drug-likeness (QED) is 0.782. The molecule has 2 aromatic rings. The minimum Gasteiger partial charge on any atom is -0.496 e. The van der Waals surface area contributed by atoms with Gasteiger partial charge in [-0.2, -0.15) is 0 Å². The first kappa shape index (κ1) is 15.9. The summed E-state index contributed by atoms with van der Waals surface area (Å²) in [6.45, 7) is 2.80. The van der Waals surface area contributed by atoms with Gasteiger partial charge in [0.1, 0.15) is 11.5 Å². The number of hydrogen-bond donors (Lipinski definition) is 1. The fraction of sp³-hybridized carbons (Fsp3) is 0.278. The van der Waals surface area contributed by atoms with Gasteiger partial charge in [0.25, 0.3) is 5.91 Å². The van der Waals surface area contributed by atoms with Gasteiger partial charge in [-0.1, -0.05) is 31.5 Å². The van der Waals surface area contributed by atoms with Gasteiger partial charge in [-0.05, 0) is 30.7 Å². The van der Waals surface area contributed by atoms with E-state index in [-0.39, 0.29) is 5.91 Å². The van der Waals surface area contributed by atoms with E-state index in [1.165, 1.54) is 0 Å². The van der Waals surface area contributed by atoms with Crippen LogP contribution in [0.2, 0.25) is 0 Å². The van der Waals surface area contributed by atoms with Crippen LogP contribution in [0.15, 0.2) is 48.5 Å². The molecule has 0 saturated carbocycles. The first-order valence-electron chi connectivity index (χ1n) is 7.42. The van der Waals surface area contributed by atoms with Crippen LogP contribution in [-0.2, 0) is 0 Å². The van der Waals surface area contributed by atoms with Crippen LogP contribution >= 0.6 is 0 Å². The molecule has 1 amide bonds. The number of carbonyl (C=O) groups is 1. The molecule has 1 N–H and O–H groups in total. The highest BCUT2D eigenvalue weighted by molar-refractivity contribution is 6.06. The van der Waals surface area contributed by atoms with Gasteiger partial charge in [-0.3, -0.25) is 4.79 Å². The molecule has 0 aliphatic rings.